The molecule has 1 aromatic heterocycles. The molecule has 1 aliphatic heterocycles. The van der Waals surface area contributed by atoms with Crippen molar-refractivity contribution in [3.05, 3.63) is 30.0 Å². The van der Waals surface area contributed by atoms with Gasteiger partial charge in [0.15, 0.2) is 0 Å². The maximum absolute atomic E-state index is 11.2. The highest BCUT2D eigenvalue weighted by Crippen LogP contribution is 2.28. The van der Waals surface area contributed by atoms with Crippen LogP contribution in [0.4, 0.5) is 4.79 Å². The normalized spacial score (nSPS) is 16.1. The summed E-state index contributed by atoms with van der Waals surface area (Å²) in [7, 11) is 0. The Morgan fingerprint density at radius 3 is 2.59 bits per heavy atom. The van der Waals surface area contributed by atoms with Crippen LogP contribution in [-0.4, -0.2) is 44.9 Å². The quantitative estimate of drug-likeness (QED) is 0.894. The first-order chi connectivity index (χ1) is 10.6. The third kappa shape index (κ3) is 2.61. The Hall–Kier alpha value is -2.57. The van der Waals surface area contributed by atoms with Crippen molar-refractivity contribution in [1.82, 2.24) is 14.7 Å². The fourth-order valence-corrected chi connectivity index (χ4v) is 3.03. The molecule has 3 N–H and O–H groups in total. The summed E-state index contributed by atoms with van der Waals surface area (Å²) in [6.07, 6.45) is 0.668. The first-order valence-corrected chi connectivity index (χ1v) is 7.28. The first-order valence-electron chi connectivity index (χ1n) is 7.28. The summed E-state index contributed by atoms with van der Waals surface area (Å²) < 4.78 is 1.92. The van der Waals surface area contributed by atoms with Crippen LogP contribution in [0.5, 0.6) is 0 Å². The van der Waals surface area contributed by atoms with Gasteiger partial charge in [-0.1, -0.05) is 18.2 Å². The number of aromatic nitrogens is 2. The van der Waals surface area contributed by atoms with Gasteiger partial charge in [0, 0.05) is 18.5 Å². The molecule has 0 radical (unpaired) electrons. The Labute approximate surface area is 127 Å². The number of benzene rings is 1. The standard InChI is InChI=1S/C15H18N4O3/c16-14(20)9-12-11-3-1-2-4-13(11)19(17-12)10-5-7-18(8-6-10)15(21)22/h1-4,10H,5-9H2,(H2,16,20)(H,21,22). The zero-order valence-corrected chi connectivity index (χ0v) is 12.1. The van der Waals surface area contributed by atoms with Crippen LogP contribution in [0.2, 0.25) is 0 Å². The summed E-state index contributed by atoms with van der Waals surface area (Å²) >= 11 is 0. The smallest absolute Gasteiger partial charge is 0.407 e. The van der Waals surface area contributed by atoms with E-state index in [1.54, 1.807) is 0 Å². The number of para-hydroxylation sites is 1. The van der Waals surface area contributed by atoms with Gasteiger partial charge in [-0.2, -0.15) is 5.10 Å². The van der Waals surface area contributed by atoms with Crippen LogP contribution < -0.4 is 5.73 Å². The van der Waals surface area contributed by atoms with Crippen LogP contribution in [0.1, 0.15) is 24.6 Å². The SMILES string of the molecule is NC(=O)Cc1nn(C2CCN(C(=O)O)CC2)c2ccccc12. The summed E-state index contributed by atoms with van der Waals surface area (Å²) in [5.74, 6) is -0.406. The van der Waals surface area contributed by atoms with Gasteiger partial charge in [-0.25, -0.2) is 4.79 Å². The van der Waals surface area contributed by atoms with E-state index in [0.717, 1.165) is 10.9 Å². The second-order valence-corrected chi connectivity index (χ2v) is 5.55. The van der Waals surface area contributed by atoms with Crippen molar-refractivity contribution < 1.29 is 14.7 Å². The minimum Gasteiger partial charge on any atom is -0.465 e. The number of piperidine rings is 1. The van der Waals surface area contributed by atoms with Gasteiger partial charge in [0.05, 0.1) is 23.7 Å². The highest BCUT2D eigenvalue weighted by Gasteiger charge is 2.25. The first kappa shape index (κ1) is 14.4. The minimum atomic E-state index is -0.877. The van der Waals surface area contributed by atoms with E-state index in [1.165, 1.54) is 4.90 Å². The van der Waals surface area contributed by atoms with Crippen LogP contribution in [0, 0.1) is 0 Å². The number of rotatable bonds is 3. The Balaban J connectivity index is 1.91. The Bertz CT molecular complexity index is 717. The Morgan fingerprint density at radius 1 is 1.27 bits per heavy atom. The molecule has 1 aliphatic rings. The largest absolute Gasteiger partial charge is 0.465 e. The lowest BCUT2D eigenvalue weighted by Gasteiger charge is -2.30. The van der Waals surface area contributed by atoms with Gasteiger partial charge in [-0.05, 0) is 18.9 Å². The molecule has 2 aromatic rings. The number of carbonyl (C=O) groups excluding carboxylic acids is 1. The molecule has 7 nitrogen and oxygen atoms in total. The van der Waals surface area contributed by atoms with E-state index in [9.17, 15) is 9.59 Å². The number of hydrogen-bond donors (Lipinski definition) is 2. The summed E-state index contributed by atoms with van der Waals surface area (Å²) in [4.78, 5) is 23.6. The number of carbonyl (C=O) groups is 2. The molecule has 0 spiro atoms. The van der Waals surface area contributed by atoms with Gasteiger partial charge in [0.2, 0.25) is 5.91 Å². The number of nitrogens with two attached hydrogens (primary N) is 1. The van der Waals surface area contributed by atoms with Crippen LogP contribution in [0.3, 0.4) is 0 Å². The van der Waals surface area contributed by atoms with E-state index in [2.05, 4.69) is 5.10 Å². The highest BCUT2D eigenvalue weighted by molar-refractivity contribution is 5.87. The summed E-state index contributed by atoms with van der Waals surface area (Å²) in [5.41, 5.74) is 6.94. The molecule has 3 rings (SSSR count). The highest BCUT2D eigenvalue weighted by atomic mass is 16.4. The van der Waals surface area contributed by atoms with Crippen LogP contribution in [0.15, 0.2) is 24.3 Å². The number of amides is 2. The maximum Gasteiger partial charge on any atom is 0.407 e. The van der Waals surface area contributed by atoms with Gasteiger partial charge < -0.3 is 15.7 Å². The van der Waals surface area contributed by atoms with Crippen LogP contribution >= 0.6 is 0 Å². The summed E-state index contributed by atoms with van der Waals surface area (Å²) in [6.45, 7) is 0.999. The molecule has 2 amide bonds. The van der Waals surface area contributed by atoms with Gasteiger partial charge in [0.25, 0.3) is 0 Å². The van der Waals surface area contributed by atoms with Crippen molar-refractivity contribution in [2.45, 2.75) is 25.3 Å². The van der Waals surface area contributed by atoms with Crippen LogP contribution in [0.25, 0.3) is 10.9 Å². The van der Waals surface area contributed by atoms with Gasteiger partial charge in [-0.3, -0.25) is 9.48 Å². The number of carboxylic acid groups (broad SMARTS) is 1. The molecule has 116 valence electrons. The number of nitrogens with zero attached hydrogens (tertiary/aromatic N) is 3. The molecule has 1 saturated heterocycles. The van der Waals surface area contributed by atoms with Crippen molar-refractivity contribution in [1.29, 1.82) is 0 Å². The Kier molecular flexibility index (Phi) is 3.70. The average Bonchev–Trinajstić information content (AvgIpc) is 2.86. The molecule has 22 heavy (non-hydrogen) atoms. The third-order valence-electron chi connectivity index (χ3n) is 4.11. The Morgan fingerprint density at radius 2 is 1.95 bits per heavy atom. The summed E-state index contributed by atoms with van der Waals surface area (Å²) in [6, 6.07) is 7.88. The van der Waals surface area contributed by atoms with Crippen molar-refractivity contribution in [3.63, 3.8) is 0 Å². The molecule has 1 fully saturated rings. The minimum absolute atomic E-state index is 0.113. The number of hydrogen-bond acceptors (Lipinski definition) is 3. The van der Waals surface area contributed by atoms with E-state index < -0.39 is 12.0 Å². The molecule has 0 aliphatic carbocycles. The second kappa shape index (κ2) is 5.67. The molecular formula is C15H18N4O3. The predicted molar refractivity (Wildman–Crippen MR) is 80.5 cm³/mol. The molecule has 0 bridgehead atoms. The van der Waals surface area contributed by atoms with E-state index in [-0.39, 0.29) is 12.5 Å². The topological polar surface area (TPSA) is 101 Å². The van der Waals surface area contributed by atoms with Crippen molar-refractivity contribution >= 4 is 22.9 Å². The van der Waals surface area contributed by atoms with Crippen molar-refractivity contribution in [3.8, 4) is 0 Å². The number of fused-ring (bicyclic) bond motifs is 1. The molecule has 2 heterocycles. The maximum atomic E-state index is 11.2. The second-order valence-electron chi connectivity index (χ2n) is 5.55. The lowest BCUT2D eigenvalue weighted by molar-refractivity contribution is -0.117. The third-order valence-corrected chi connectivity index (χ3v) is 4.11. The zero-order valence-electron chi connectivity index (χ0n) is 12.1. The number of primary amides is 1. The van der Waals surface area contributed by atoms with E-state index in [1.807, 2.05) is 28.9 Å². The molecule has 7 heteroatoms. The van der Waals surface area contributed by atoms with E-state index in [0.29, 0.717) is 31.6 Å². The number of likely N-dealkylation sites (tertiary alicyclic amines) is 1. The average molecular weight is 302 g/mol. The molecular weight excluding hydrogens is 284 g/mol. The van der Waals surface area contributed by atoms with Crippen LogP contribution in [-0.2, 0) is 11.2 Å². The van der Waals surface area contributed by atoms with E-state index in [4.69, 9.17) is 10.8 Å². The summed E-state index contributed by atoms with van der Waals surface area (Å²) in [5, 5.41) is 14.5. The fraction of sp³-hybridized carbons (Fsp3) is 0.400. The monoisotopic (exact) mass is 302 g/mol. The van der Waals surface area contributed by atoms with Gasteiger partial charge >= 0.3 is 6.09 Å². The molecule has 1 aromatic carbocycles. The zero-order chi connectivity index (χ0) is 15.7. The molecule has 0 unspecified atom stereocenters. The lowest BCUT2D eigenvalue weighted by atomic mass is 10.1. The van der Waals surface area contributed by atoms with Crippen molar-refractivity contribution in [2.75, 3.05) is 13.1 Å². The van der Waals surface area contributed by atoms with E-state index >= 15 is 0 Å². The molecule has 0 saturated carbocycles. The lowest BCUT2D eigenvalue weighted by Crippen LogP contribution is -2.38. The van der Waals surface area contributed by atoms with Gasteiger partial charge in [-0.15, -0.1) is 0 Å². The van der Waals surface area contributed by atoms with Gasteiger partial charge in [0.1, 0.15) is 0 Å². The van der Waals surface area contributed by atoms with Crippen molar-refractivity contribution in [2.24, 2.45) is 5.73 Å². The predicted octanol–water partition coefficient (Wildman–Crippen LogP) is 1.38. The fourth-order valence-electron chi connectivity index (χ4n) is 3.03. The molecule has 0 atom stereocenters.